The van der Waals surface area contributed by atoms with Gasteiger partial charge in [-0.25, -0.2) is 4.98 Å². The monoisotopic (exact) mass is 286 g/mol. The predicted octanol–water partition coefficient (Wildman–Crippen LogP) is 3.34. The Hall–Kier alpha value is -2.63. The lowest BCUT2D eigenvalue weighted by molar-refractivity contribution is -0.384. The lowest BCUT2D eigenvalue weighted by Crippen LogP contribution is -2.08. The lowest BCUT2D eigenvalue weighted by atomic mass is 10.1. The highest BCUT2D eigenvalue weighted by molar-refractivity contribution is 5.60. The van der Waals surface area contributed by atoms with E-state index in [1.54, 1.807) is 6.07 Å². The summed E-state index contributed by atoms with van der Waals surface area (Å²) in [6.07, 6.45) is 0. The van der Waals surface area contributed by atoms with E-state index in [2.05, 4.69) is 15.6 Å². The number of hydrogen-bond acceptors (Lipinski definition) is 5. The third kappa shape index (κ3) is 3.68. The van der Waals surface area contributed by atoms with Crippen LogP contribution in [0.15, 0.2) is 36.4 Å². The van der Waals surface area contributed by atoms with Crippen molar-refractivity contribution in [3.63, 3.8) is 0 Å². The fourth-order valence-electron chi connectivity index (χ4n) is 2.00. The zero-order chi connectivity index (χ0) is 15.2. The van der Waals surface area contributed by atoms with Crippen molar-refractivity contribution in [2.45, 2.75) is 20.4 Å². The van der Waals surface area contributed by atoms with Crippen molar-refractivity contribution in [1.29, 1.82) is 0 Å². The molecule has 2 rings (SSSR count). The van der Waals surface area contributed by atoms with Gasteiger partial charge < -0.3 is 10.6 Å². The number of benzene rings is 1. The van der Waals surface area contributed by atoms with Gasteiger partial charge in [-0.05, 0) is 31.0 Å². The number of nitrogens with one attached hydrogen (secondary N) is 2. The van der Waals surface area contributed by atoms with Crippen molar-refractivity contribution in [2.75, 3.05) is 17.2 Å². The minimum absolute atomic E-state index is 0.0229. The first kappa shape index (κ1) is 14.8. The number of aryl methyl sites for hydroxylation is 1. The second-order valence-corrected chi connectivity index (χ2v) is 4.63. The van der Waals surface area contributed by atoms with Crippen LogP contribution >= 0.6 is 0 Å². The van der Waals surface area contributed by atoms with Crippen molar-refractivity contribution < 1.29 is 4.92 Å². The van der Waals surface area contributed by atoms with Gasteiger partial charge in [-0.2, -0.15) is 0 Å². The molecule has 2 N–H and O–H groups in total. The maximum absolute atomic E-state index is 11.1. The van der Waals surface area contributed by atoms with E-state index in [4.69, 9.17) is 0 Å². The Labute approximate surface area is 123 Å². The Morgan fingerprint density at radius 2 is 1.95 bits per heavy atom. The van der Waals surface area contributed by atoms with Gasteiger partial charge in [0.1, 0.15) is 5.82 Å². The topological polar surface area (TPSA) is 80.1 Å². The highest BCUT2D eigenvalue weighted by Crippen LogP contribution is 2.24. The van der Waals surface area contributed by atoms with Gasteiger partial charge in [-0.15, -0.1) is 0 Å². The number of nitro groups is 1. The zero-order valence-corrected chi connectivity index (χ0v) is 12.1. The standard InChI is InChI=1S/C15H18N4O2/c1-3-16-14-9-8-13(19(20)21)15(18-14)17-10-12-7-5-4-6-11(12)2/h4-9H,3,10H2,1-2H3,(H2,16,17,18). The largest absolute Gasteiger partial charge is 0.370 e. The lowest BCUT2D eigenvalue weighted by Gasteiger charge is -2.10. The molecular formula is C15H18N4O2. The Morgan fingerprint density at radius 3 is 2.62 bits per heavy atom. The van der Waals surface area contributed by atoms with Crippen molar-refractivity contribution in [3.8, 4) is 0 Å². The van der Waals surface area contributed by atoms with E-state index in [0.29, 0.717) is 18.9 Å². The van der Waals surface area contributed by atoms with Gasteiger partial charge in [0.15, 0.2) is 0 Å². The van der Waals surface area contributed by atoms with Gasteiger partial charge in [0.05, 0.1) is 4.92 Å². The van der Waals surface area contributed by atoms with E-state index in [9.17, 15) is 10.1 Å². The summed E-state index contributed by atoms with van der Waals surface area (Å²) in [4.78, 5) is 14.9. The summed E-state index contributed by atoms with van der Waals surface area (Å²) in [7, 11) is 0. The summed E-state index contributed by atoms with van der Waals surface area (Å²) >= 11 is 0. The first-order valence-corrected chi connectivity index (χ1v) is 6.79. The molecule has 0 bridgehead atoms. The second kappa shape index (κ2) is 6.69. The highest BCUT2D eigenvalue weighted by Gasteiger charge is 2.15. The predicted molar refractivity (Wildman–Crippen MR) is 83.6 cm³/mol. The van der Waals surface area contributed by atoms with Crippen LogP contribution in [0.5, 0.6) is 0 Å². The van der Waals surface area contributed by atoms with E-state index in [1.807, 2.05) is 38.1 Å². The molecule has 1 aromatic heterocycles. The molecule has 6 nitrogen and oxygen atoms in total. The fourth-order valence-corrected chi connectivity index (χ4v) is 2.00. The van der Waals surface area contributed by atoms with Crippen LogP contribution < -0.4 is 10.6 Å². The molecule has 0 aliphatic heterocycles. The molecule has 2 aromatic rings. The van der Waals surface area contributed by atoms with Gasteiger partial charge in [0.2, 0.25) is 5.82 Å². The Balaban J connectivity index is 2.22. The maximum atomic E-state index is 11.1. The van der Waals surface area contributed by atoms with Crippen LogP contribution in [0.4, 0.5) is 17.3 Å². The van der Waals surface area contributed by atoms with Crippen molar-refractivity contribution in [1.82, 2.24) is 4.98 Å². The molecule has 0 unspecified atom stereocenters. The molecule has 0 aliphatic rings. The Morgan fingerprint density at radius 1 is 1.19 bits per heavy atom. The quantitative estimate of drug-likeness (QED) is 0.629. The number of pyridine rings is 1. The molecule has 0 fully saturated rings. The molecule has 0 saturated carbocycles. The average molecular weight is 286 g/mol. The number of rotatable bonds is 6. The molecule has 0 aliphatic carbocycles. The number of hydrogen-bond donors (Lipinski definition) is 2. The zero-order valence-electron chi connectivity index (χ0n) is 12.1. The smallest absolute Gasteiger partial charge is 0.311 e. The summed E-state index contributed by atoms with van der Waals surface area (Å²) in [5.41, 5.74) is 2.20. The minimum atomic E-state index is -0.428. The van der Waals surface area contributed by atoms with Crippen LogP contribution in [-0.2, 0) is 6.54 Å². The number of anilines is 2. The highest BCUT2D eigenvalue weighted by atomic mass is 16.6. The van der Waals surface area contributed by atoms with Crippen molar-refractivity contribution >= 4 is 17.3 Å². The summed E-state index contributed by atoms with van der Waals surface area (Å²) in [6, 6.07) is 11.0. The van der Waals surface area contributed by atoms with Crippen molar-refractivity contribution in [3.05, 3.63) is 57.6 Å². The first-order chi connectivity index (χ1) is 10.1. The molecule has 6 heteroatoms. The normalized spacial score (nSPS) is 10.2. The Kier molecular flexibility index (Phi) is 4.71. The van der Waals surface area contributed by atoms with Gasteiger partial charge in [-0.1, -0.05) is 24.3 Å². The molecule has 0 atom stereocenters. The average Bonchev–Trinajstić information content (AvgIpc) is 2.46. The molecule has 21 heavy (non-hydrogen) atoms. The number of nitrogens with zero attached hydrogens (tertiary/aromatic N) is 2. The van der Waals surface area contributed by atoms with Crippen LogP contribution in [0.1, 0.15) is 18.1 Å². The summed E-state index contributed by atoms with van der Waals surface area (Å²) in [5.74, 6) is 0.900. The molecule has 110 valence electrons. The van der Waals surface area contributed by atoms with Gasteiger partial charge in [0, 0.05) is 19.2 Å². The van der Waals surface area contributed by atoms with Gasteiger partial charge in [-0.3, -0.25) is 10.1 Å². The van der Waals surface area contributed by atoms with Gasteiger partial charge in [0.25, 0.3) is 0 Å². The second-order valence-electron chi connectivity index (χ2n) is 4.63. The molecule has 1 aromatic carbocycles. The fraction of sp³-hybridized carbons (Fsp3) is 0.267. The van der Waals surface area contributed by atoms with E-state index in [0.717, 1.165) is 11.1 Å². The van der Waals surface area contributed by atoms with Crippen LogP contribution in [0, 0.1) is 17.0 Å². The van der Waals surface area contributed by atoms with Crippen LogP contribution in [0.2, 0.25) is 0 Å². The van der Waals surface area contributed by atoms with E-state index < -0.39 is 4.92 Å². The molecular weight excluding hydrogens is 268 g/mol. The van der Waals surface area contributed by atoms with Crippen LogP contribution in [0.3, 0.4) is 0 Å². The molecule has 0 saturated heterocycles. The van der Waals surface area contributed by atoms with E-state index in [1.165, 1.54) is 6.07 Å². The summed E-state index contributed by atoms with van der Waals surface area (Å²) < 4.78 is 0. The molecule has 0 amide bonds. The third-order valence-electron chi connectivity index (χ3n) is 3.14. The van der Waals surface area contributed by atoms with Crippen molar-refractivity contribution in [2.24, 2.45) is 0 Å². The maximum Gasteiger partial charge on any atom is 0.311 e. The molecule has 1 heterocycles. The SMILES string of the molecule is CCNc1ccc([N+](=O)[O-])c(NCc2ccccc2C)n1. The molecule has 0 radical (unpaired) electrons. The van der Waals surface area contributed by atoms with Crippen LogP contribution in [0.25, 0.3) is 0 Å². The van der Waals surface area contributed by atoms with E-state index >= 15 is 0 Å². The van der Waals surface area contributed by atoms with Gasteiger partial charge >= 0.3 is 5.69 Å². The molecule has 0 spiro atoms. The Bertz CT molecular complexity index is 643. The van der Waals surface area contributed by atoms with Crippen LogP contribution in [-0.4, -0.2) is 16.5 Å². The minimum Gasteiger partial charge on any atom is -0.370 e. The number of aromatic nitrogens is 1. The summed E-state index contributed by atoms with van der Waals surface area (Å²) in [5, 5.41) is 17.2. The third-order valence-corrected chi connectivity index (χ3v) is 3.14. The van der Waals surface area contributed by atoms with E-state index in [-0.39, 0.29) is 11.5 Å². The summed E-state index contributed by atoms with van der Waals surface area (Å²) in [6.45, 7) is 5.16. The first-order valence-electron chi connectivity index (χ1n) is 6.79.